The lowest BCUT2D eigenvalue weighted by molar-refractivity contribution is -0.145. The van der Waals surface area contributed by atoms with E-state index in [1.54, 1.807) is 19.1 Å². The second-order valence-electron chi connectivity index (χ2n) is 8.62. The SMILES string of the molecule is CCOC(=O)CC(=O)N(CCCS(=O)(=O)N1CCCC1)c1cc(Cc2ccc(F)cc2)cnc1C(=O)O. The van der Waals surface area contributed by atoms with E-state index in [1.165, 1.54) is 28.7 Å². The first-order valence-electron chi connectivity index (χ1n) is 12.0. The van der Waals surface area contributed by atoms with Crippen molar-refractivity contribution in [2.75, 3.05) is 36.9 Å². The number of hydrogen-bond donors (Lipinski definition) is 1. The van der Waals surface area contributed by atoms with Gasteiger partial charge in [-0.2, -0.15) is 0 Å². The van der Waals surface area contributed by atoms with Crippen LogP contribution < -0.4 is 4.90 Å². The van der Waals surface area contributed by atoms with Crippen LogP contribution in [0.15, 0.2) is 36.5 Å². The molecule has 0 radical (unpaired) electrons. The number of nitrogens with zero attached hydrogens (tertiary/aromatic N) is 3. The number of amides is 1. The average Bonchev–Trinajstić information content (AvgIpc) is 3.39. The van der Waals surface area contributed by atoms with Crippen LogP contribution in [0.5, 0.6) is 0 Å². The number of sulfonamides is 1. The third kappa shape index (κ3) is 7.80. The van der Waals surface area contributed by atoms with Crippen LogP contribution in [0, 0.1) is 5.82 Å². The number of ether oxygens (including phenoxy) is 1. The van der Waals surface area contributed by atoms with Crippen LogP contribution in [0.1, 0.15) is 54.2 Å². The van der Waals surface area contributed by atoms with Crippen molar-refractivity contribution in [3.63, 3.8) is 0 Å². The second kappa shape index (κ2) is 12.7. The maximum atomic E-state index is 13.3. The molecule has 1 amide bonds. The van der Waals surface area contributed by atoms with E-state index in [2.05, 4.69) is 4.98 Å². The quantitative estimate of drug-likeness (QED) is 0.324. The van der Waals surface area contributed by atoms with Gasteiger partial charge in [0.05, 0.1) is 18.0 Å². The number of carboxylic acid groups (broad SMARTS) is 1. The standard InChI is InChI=1S/C25H30FN3O7S/c1-2-36-23(31)16-22(30)29(12-5-13-37(34,35)28-10-3-4-11-28)21-15-19(17-27-24(21)25(32)33)14-18-6-8-20(26)9-7-18/h6-9,15,17H,2-5,10-14,16H2,1H3,(H,32,33). The summed E-state index contributed by atoms with van der Waals surface area (Å²) in [6.07, 6.45) is 2.59. The molecule has 0 bridgehead atoms. The molecule has 3 rings (SSSR count). The molecule has 0 spiro atoms. The Hall–Kier alpha value is -3.38. The summed E-state index contributed by atoms with van der Waals surface area (Å²) in [5, 5.41) is 9.74. The Balaban J connectivity index is 1.90. The zero-order valence-electron chi connectivity index (χ0n) is 20.6. The predicted molar refractivity (Wildman–Crippen MR) is 133 cm³/mol. The minimum atomic E-state index is -3.53. The molecule has 1 fully saturated rings. The third-order valence-electron chi connectivity index (χ3n) is 5.88. The van der Waals surface area contributed by atoms with Crippen molar-refractivity contribution < 1.29 is 37.0 Å². The number of carboxylic acids is 1. The van der Waals surface area contributed by atoms with E-state index in [-0.39, 0.29) is 37.4 Å². The highest BCUT2D eigenvalue weighted by Crippen LogP contribution is 2.24. The van der Waals surface area contributed by atoms with Gasteiger partial charge in [0, 0.05) is 25.8 Å². The van der Waals surface area contributed by atoms with Crippen LogP contribution in [0.3, 0.4) is 0 Å². The van der Waals surface area contributed by atoms with Gasteiger partial charge in [0.2, 0.25) is 15.9 Å². The first-order chi connectivity index (χ1) is 17.6. The molecule has 1 aliphatic heterocycles. The number of hydrogen-bond acceptors (Lipinski definition) is 7. The molecule has 37 heavy (non-hydrogen) atoms. The zero-order chi connectivity index (χ0) is 27.0. The van der Waals surface area contributed by atoms with Gasteiger partial charge in [-0.25, -0.2) is 26.9 Å². The zero-order valence-corrected chi connectivity index (χ0v) is 21.4. The number of carbonyl (C=O) groups excluding carboxylic acids is 2. The van der Waals surface area contributed by atoms with Gasteiger partial charge in [-0.05, 0) is 61.9 Å². The van der Waals surface area contributed by atoms with Crippen molar-refractivity contribution in [3.05, 3.63) is 59.2 Å². The predicted octanol–water partition coefficient (Wildman–Crippen LogP) is 2.61. The van der Waals surface area contributed by atoms with Crippen molar-refractivity contribution in [3.8, 4) is 0 Å². The van der Waals surface area contributed by atoms with Gasteiger partial charge in [0.25, 0.3) is 0 Å². The molecule has 0 saturated carbocycles. The summed E-state index contributed by atoms with van der Waals surface area (Å²) < 4.78 is 44.9. The number of aromatic nitrogens is 1. The molecule has 2 heterocycles. The fourth-order valence-corrected chi connectivity index (χ4v) is 5.68. The van der Waals surface area contributed by atoms with Crippen LogP contribution in [0.2, 0.25) is 0 Å². The summed E-state index contributed by atoms with van der Waals surface area (Å²) >= 11 is 0. The van der Waals surface area contributed by atoms with Crippen molar-refractivity contribution in [1.82, 2.24) is 9.29 Å². The van der Waals surface area contributed by atoms with Crippen LogP contribution in [-0.2, 0) is 30.8 Å². The van der Waals surface area contributed by atoms with Crippen molar-refractivity contribution in [2.45, 2.75) is 39.0 Å². The van der Waals surface area contributed by atoms with E-state index in [1.807, 2.05) is 0 Å². The topological polar surface area (TPSA) is 134 Å². The van der Waals surface area contributed by atoms with Gasteiger partial charge in [0.15, 0.2) is 5.69 Å². The summed E-state index contributed by atoms with van der Waals surface area (Å²) in [6, 6.07) is 7.22. The number of aromatic carboxylic acids is 1. The minimum Gasteiger partial charge on any atom is -0.476 e. The number of benzene rings is 1. The molecule has 0 aliphatic carbocycles. The molecule has 12 heteroatoms. The molecule has 1 aromatic carbocycles. The molecule has 1 aliphatic rings. The van der Waals surface area contributed by atoms with E-state index < -0.39 is 45.8 Å². The van der Waals surface area contributed by atoms with Crippen molar-refractivity contribution >= 4 is 33.6 Å². The van der Waals surface area contributed by atoms with E-state index in [0.29, 0.717) is 18.7 Å². The van der Waals surface area contributed by atoms with E-state index >= 15 is 0 Å². The maximum Gasteiger partial charge on any atom is 0.356 e. The number of carbonyl (C=O) groups is 3. The summed E-state index contributed by atoms with van der Waals surface area (Å²) in [5.74, 6) is -3.54. The number of pyridine rings is 1. The lowest BCUT2D eigenvalue weighted by atomic mass is 10.0. The molecule has 0 atom stereocenters. The summed E-state index contributed by atoms with van der Waals surface area (Å²) in [5.41, 5.74) is 0.811. The number of esters is 1. The Morgan fingerprint density at radius 1 is 1.14 bits per heavy atom. The Labute approximate surface area is 215 Å². The van der Waals surface area contributed by atoms with E-state index in [4.69, 9.17) is 4.74 Å². The molecule has 200 valence electrons. The summed E-state index contributed by atoms with van der Waals surface area (Å²) in [6.45, 7) is 2.41. The van der Waals surface area contributed by atoms with Gasteiger partial charge in [-0.15, -0.1) is 0 Å². The molecule has 1 N–H and O–H groups in total. The Morgan fingerprint density at radius 2 is 1.81 bits per heavy atom. The molecular weight excluding hydrogens is 505 g/mol. The molecular formula is C25H30FN3O7S. The highest BCUT2D eigenvalue weighted by Gasteiger charge is 2.28. The molecule has 1 aromatic heterocycles. The average molecular weight is 536 g/mol. The van der Waals surface area contributed by atoms with E-state index in [9.17, 15) is 32.3 Å². The minimum absolute atomic E-state index is 0.0225. The Morgan fingerprint density at radius 3 is 2.43 bits per heavy atom. The van der Waals surface area contributed by atoms with Crippen LogP contribution in [0.4, 0.5) is 10.1 Å². The van der Waals surface area contributed by atoms with Crippen LogP contribution >= 0.6 is 0 Å². The van der Waals surface area contributed by atoms with Gasteiger partial charge in [-0.1, -0.05) is 12.1 Å². The smallest absolute Gasteiger partial charge is 0.356 e. The monoisotopic (exact) mass is 535 g/mol. The number of halogens is 1. The van der Waals surface area contributed by atoms with Gasteiger partial charge < -0.3 is 14.7 Å². The number of anilines is 1. The third-order valence-corrected chi connectivity index (χ3v) is 7.84. The largest absolute Gasteiger partial charge is 0.476 e. The lowest BCUT2D eigenvalue weighted by Gasteiger charge is -2.25. The molecule has 2 aromatic rings. The first kappa shape index (κ1) is 28.2. The normalized spacial score (nSPS) is 13.9. The Bertz CT molecular complexity index is 1230. The summed E-state index contributed by atoms with van der Waals surface area (Å²) in [4.78, 5) is 42.2. The fraction of sp³-hybridized carbons (Fsp3) is 0.440. The van der Waals surface area contributed by atoms with Gasteiger partial charge >= 0.3 is 11.9 Å². The summed E-state index contributed by atoms with van der Waals surface area (Å²) in [7, 11) is -3.53. The van der Waals surface area contributed by atoms with Gasteiger partial charge in [0.1, 0.15) is 12.2 Å². The lowest BCUT2D eigenvalue weighted by Crippen LogP contribution is -2.37. The highest BCUT2D eigenvalue weighted by atomic mass is 32.2. The molecule has 1 saturated heterocycles. The maximum absolute atomic E-state index is 13.3. The molecule has 10 nitrogen and oxygen atoms in total. The highest BCUT2D eigenvalue weighted by molar-refractivity contribution is 7.89. The van der Waals surface area contributed by atoms with E-state index in [0.717, 1.165) is 23.3 Å². The Kier molecular flexibility index (Phi) is 9.70. The van der Waals surface area contributed by atoms with Crippen molar-refractivity contribution in [1.29, 1.82) is 0 Å². The number of rotatable bonds is 12. The fourth-order valence-electron chi connectivity index (χ4n) is 4.11. The van der Waals surface area contributed by atoms with Gasteiger partial charge in [-0.3, -0.25) is 9.59 Å². The first-order valence-corrected chi connectivity index (χ1v) is 13.6. The van der Waals surface area contributed by atoms with Crippen LogP contribution in [0.25, 0.3) is 0 Å². The van der Waals surface area contributed by atoms with Crippen LogP contribution in [-0.4, -0.2) is 72.7 Å². The second-order valence-corrected chi connectivity index (χ2v) is 10.7. The van der Waals surface area contributed by atoms with Crippen molar-refractivity contribution in [2.24, 2.45) is 0 Å². The molecule has 0 unspecified atom stereocenters.